The summed E-state index contributed by atoms with van der Waals surface area (Å²) in [7, 11) is 0. The molecule has 5 heteroatoms. The first kappa shape index (κ1) is 10.1. The summed E-state index contributed by atoms with van der Waals surface area (Å²) in [5, 5.41) is 6.89. The Morgan fingerprint density at radius 1 is 1.46 bits per heavy atom. The maximum absolute atomic E-state index is 12.1. The molecule has 74 valence electrons. The molecule has 3 N–H and O–H groups in total. The molecular formula is C8H11F3N2. The van der Waals surface area contributed by atoms with Crippen molar-refractivity contribution >= 4 is 5.71 Å². The van der Waals surface area contributed by atoms with Crippen molar-refractivity contribution in [3.05, 3.63) is 11.3 Å². The average molecular weight is 192 g/mol. The van der Waals surface area contributed by atoms with Crippen molar-refractivity contribution in [3.63, 3.8) is 0 Å². The molecular weight excluding hydrogens is 181 g/mol. The lowest BCUT2D eigenvalue weighted by atomic mass is 10.1. The molecule has 0 amide bonds. The Morgan fingerprint density at radius 2 is 2.00 bits per heavy atom. The number of hydrogen-bond donors (Lipinski definition) is 2. The van der Waals surface area contributed by atoms with Gasteiger partial charge >= 0.3 is 6.18 Å². The highest BCUT2D eigenvalue weighted by Crippen LogP contribution is 2.33. The van der Waals surface area contributed by atoms with Crippen LogP contribution in [0.5, 0.6) is 0 Å². The highest BCUT2D eigenvalue weighted by molar-refractivity contribution is 6.02. The smallest absolute Gasteiger partial charge is 0.402 e. The van der Waals surface area contributed by atoms with Crippen molar-refractivity contribution in [2.45, 2.75) is 25.9 Å². The number of allylic oxidation sites excluding steroid dienone is 2. The average Bonchev–Trinajstić information content (AvgIpc) is 2.26. The van der Waals surface area contributed by atoms with Gasteiger partial charge in [0.15, 0.2) is 0 Å². The summed E-state index contributed by atoms with van der Waals surface area (Å²) in [4.78, 5) is 0. The van der Waals surface area contributed by atoms with E-state index in [1.165, 1.54) is 0 Å². The van der Waals surface area contributed by atoms with Crippen LogP contribution in [-0.2, 0) is 0 Å². The van der Waals surface area contributed by atoms with E-state index in [4.69, 9.17) is 11.1 Å². The predicted octanol–water partition coefficient (Wildman–Crippen LogP) is 2.21. The third-order valence-electron chi connectivity index (χ3n) is 2.09. The minimum atomic E-state index is -4.57. The Hall–Kier alpha value is -1.00. The minimum absolute atomic E-state index is 0.0278. The second-order valence-corrected chi connectivity index (χ2v) is 3.39. The van der Waals surface area contributed by atoms with Gasteiger partial charge in [-0.15, -0.1) is 0 Å². The van der Waals surface area contributed by atoms with Gasteiger partial charge in [0.25, 0.3) is 0 Å². The van der Waals surface area contributed by atoms with Crippen molar-refractivity contribution in [2.75, 3.05) is 0 Å². The Bertz CT molecular complexity index is 265. The van der Waals surface area contributed by atoms with Crippen molar-refractivity contribution in [2.24, 2.45) is 11.7 Å². The van der Waals surface area contributed by atoms with E-state index in [0.717, 1.165) is 0 Å². The van der Waals surface area contributed by atoms with E-state index in [1.807, 2.05) is 6.92 Å². The fourth-order valence-electron chi connectivity index (χ4n) is 1.48. The lowest BCUT2D eigenvalue weighted by molar-refractivity contribution is -0.0591. The van der Waals surface area contributed by atoms with Gasteiger partial charge in [-0.25, -0.2) is 0 Å². The number of halogens is 3. The van der Waals surface area contributed by atoms with Gasteiger partial charge in [0.05, 0.1) is 0 Å². The van der Waals surface area contributed by atoms with Gasteiger partial charge in [-0.3, -0.25) is 5.41 Å². The molecule has 1 aliphatic carbocycles. The van der Waals surface area contributed by atoms with E-state index in [1.54, 1.807) is 0 Å². The van der Waals surface area contributed by atoms with Crippen molar-refractivity contribution in [3.8, 4) is 0 Å². The number of hydrogen-bond acceptors (Lipinski definition) is 2. The molecule has 1 rings (SSSR count). The molecule has 13 heavy (non-hydrogen) atoms. The van der Waals surface area contributed by atoms with E-state index >= 15 is 0 Å². The van der Waals surface area contributed by atoms with Crippen LogP contribution in [0, 0.1) is 11.3 Å². The van der Waals surface area contributed by atoms with Gasteiger partial charge in [0, 0.05) is 11.3 Å². The van der Waals surface area contributed by atoms with Crippen LogP contribution >= 0.6 is 0 Å². The van der Waals surface area contributed by atoms with Gasteiger partial charge in [-0.1, -0.05) is 6.92 Å². The van der Waals surface area contributed by atoms with Crippen LogP contribution in [0.25, 0.3) is 0 Å². The predicted molar refractivity (Wildman–Crippen MR) is 43.4 cm³/mol. The summed E-state index contributed by atoms with van der Waals surface area (Å²) >= 11 is 0. The molecule has 1 unspecified atom stereocenters. The van der Waals surface area contributed by atoms with E-state index in [2.05, 4.69) is 0 Å². The highest BCUT2D eigenvalue weighted by atomic mass is 19.4. The SMILES string of the molecule is CC1CC(N)=C(C(=N)C(F)(F)F)C1. The van der Waals surface area contributed by atoms with Crippen molar-refractivity contribution in [1.82, 2.24) is 0 Å². The summed E-state index contributed by atoms with van der Waals surface area (Å²) in [6.07, 6.45) is -3.83. The van der Waals surface area contributed by atoms with Crippen molar-refractivity contribution in [1.29, 1.82) is 5.41 Å². The van der Waals surface area contributed by atoms with E-state index < -0.39 is 11.9 Å². The lowest BCUT2D eigenvalue weighted by Crippen LogP contribution is -2.24. The molecule has 0 radical (unpaired) electrons. The third-order valence-corrected chi connectivity index (χ3v) is 2.09. The maximum atomic E-state index is 12.1. The molecule has 1 aliphatic rings. The Morgan fingerprint density at radius 3 is 2.31 bits per heavy atom. The van der Waals surface area contributed by atoms with Crippen LogP contribution in [0.4, 0.5) is 13.2 Å². The molecule has 0 saturated heterocycles. The quantitative estimate of drug-likeness (QED) is 0.615. The fraction of sp³-hybridized carbons (Fsp3) is 0.625. The second kappa shape index (κ2) is 3.05. The summed E-state index contributed by atoms with van der Waals surface area (Å²) < 4.78 is 36.3. The number of nitrogens with two attached hydrogens (primary N) is 1. The van der Waals surface area contributed by atoms with Gasteiger partial charge in [-0.2, -0.15) is 13.2 Å². The first-order valence-corrected chi connectivity index (χ1v) is 3.96. The van der Waals surface area contributed by atoms with Crippen LogP contribution in [0.2, 0.25) is 0 Å². The van der Waals surface area contributed by atoms with Crippen LogP contribution in [-0.4, -0.2) is 11.9 Å². The van der Waals surface area contributed by atoms with Crippen molar-refractivity contribution < 1.29 is 13.2 Å². The standard InChI is InChI=1S/C8H11F3N2/c1-4-2-5(6(12)3-4)7(13)8(9,10)11/h4,13H,2-3,12H2,1H3. The minimum Gasteiger partial charge on any atom is -0.402 e. The molecule has 0 aliphatic heterocycles. The molecule has 0 aromatic heterocycles. The number of rotatable bonds is 1. The zero-order chi connectivity index (χ0) is 10.2. The molecule has 0 aromatic carbocycles. The van der Waals surface area contributed by atoms with Gasteiger partial charge < -0.3 is 5.73 Å². The first-order chi connectivity index (χ1) is 5.82. The second-order valence-electron chi connectivity index (χ2n) is 3.39. The molecule has 0 aromatic rings. The monoisotopic (exact) mass is 192 g/mol. The molecule has 0 spiro atoms. The highest BCUT2D eigenvalue weighted by Gasteiger charge is 2.39. The van der Waals surface area contributed by atoms with E-state index in [-0.39, 0.29) is 23.6 Å². The molecule has 1 atom stereocenters. The van der Waals surface area contributed by atoms with Crippen LogP contribution in [0.15, 0.2) is 11.3 Å². The fourth-order valence-corrected chi connectivity index (χ4v) is 1.48. The summed E-state index contributed by atoms with van der Waals surface area (Å²) in [6.45, 7) is 1.82. The Labute approximate surface area is 74.1 Å². The first-order valence-electron chi connectivity index (χ1n) is 3.96. The Kier molecular flexibility index (Phi) is 2.36. The van der Waals surface area contributed by atoms with Crippen LogP contribution < -0.4 is 5.73 Å². The zero-order valence-corrected chi connectivity index (χ0v) is 7.20. The van der Waals surface area contributed by atoms with Gasteiger partial charge in [0.2, 0.25) is 0 Å². The largest absolute Gasteiger partial charge is 0.432 e. The third kappa shape index (κ3) is 2.02. The Balaban J connectivity index is 2.85. The topological polar surface area (TPSA) is 49.9 Å². The molecule has 0 heterocycles. The summed E-state index contributed by atoms with van der Waals surface area (Å²) in [6, 6.07) is 0. The molecule has 0 saturated carbocycles. The maximum Gasteiger partial charge on any atom is 0.432 e. The van der Waals surface area contributed by atoms with E-state index in [9.17, 15) is 13.2 Å². The number of alkyl halides is 3. The normalized spacial score (nSPS) is 23.8. The summed E-state index contributed by atoms with van der Waals surface area (Å²) in [5.74, 6) is 0.123. The van der Waals surface area contributed by atoms with Gasteiger partial charge in [-0.05, 0) is 18.8 Å². The molecule has 0 bridgehead atoms. The number of nitrogens with one attached hydrogen (secondary N) is 1. The van der Waals surface area contributed by atoms with E-state index in [0.29, 0.717) is 6.42 Å². The zero-order valence-electron chi connectivity index (χ0n) is 7.20. The molecule has 2 nitrogen and oxygen atoms in total. The lowest BCUT2D eigenvalue weighted by Gasteiger charge is -2.09. The van der Waals surface area contributed by atoms with Gasteiger partial charge in [0.1, 0.15) is 5.71 Å². The summed E-state index contributed by atoms with van der Waals surface area (Å²) in [5.41, 5.74) is 4.31. The molecule has 0 fully saturated rings. The van der Waals surface area contributed by atoms with Crippen LogP contribution in [0.1, 0.15) is 19.8 Å². The van der Waals surface area contributed by atoms with Crippen LogP contribution in [0.3, 0.4) is 0 Å².